The summed E-state index contributed by atoms with van der Waals surface area (Å²) in [5.41, 5.74) is 5.95. The van der Waals surface area contributed by atoms with Crippen LogP contribution in [-0.4, -0.2) is 77.4 Å². The highest BCUT2D eigenvalue weighted by molar-refractivity contribution is 7.98. The zero-order chi connectivity index (χ0) is 27.3. The van der Waals surface area contributed by atoms with Crippen LogP contribution in [0.5, 0.6) is 0 Å². The lowest BCUT2D eigenvalue weighted by Crippen LogP contribution is -2.60. The number of thioether (sulfide) groups is 1. The van der Waals surface area contributed by atoms with Crippen molar-refractivity contribution in [1.82, 2.24) is 21.3 Å². The van der Waals surface area contributed by atoms with Crippen molar-refractivity contribution in [3.05, 3.63) is 0 Å². The van der Waals surface area contributed by atoms with Crippen LogP contribution < -0.4 is 27.0 Å². The maximum absolute atomic E-state index is 13.1. The highest BCUT2D eigenvalue weighted by Crippen LogP contribution is 2.10. The summed E-state index contributed by atoms with van der Waals surface area (Å²) in [4.78, 5) is 61.8. The fourth-order valence-corrected chi connectivity index (χ4v) is 3.71. The Morgan fingerprint density at radius 2 is 1.29 bits per heavy atom. The summed E-state index contributed by atoms with van der Waals surface area (Å²) in [6.45, 7) is 10.4. The summed E-state index contributed by atoms with van der Waals surface area (Å²) in [6.07, 6.45) is 2.60. The molecular formula is C23H43N5O6S. The third kappa shape index (κ3) is 12.8. The zero-order valence-corrected chi connectivity index (χ0v) is 22.7. The number of hydrogen-bond acceptors (Lipinski definition) is 7. The first-order valence-corrected chi connectivity index (χ1v) is 13.3. The van der Waals surface area contributed by atoms with Crippen molar-refractivity contribution in [2.75, 3.05) is 18.6 Å². The van der Waals surface area contributed by atoms with Gasteiger partial charge in [-0.05, 0) is 42.6 Å². The van der Waals surface area contributed by atoms with Gasteiger partial charge in [-0.3, -0.25) is 24.0 Å². The summed E-state index contributed by atoms with van der Waals surface area (Å²) in [6, 6.07) is -3.59. The first-order valence-electron chi connectivity index (χ1n) is 11.9. The molecule has 4 amide bonds. The van der Waals surface area contributed by atoms with Crippen molar-refractivity contribution < 1.29 is 29.1 Å². The molecule has 0 aliphatic heterocycles. The highest BCUT2D eigenvalue weighted by Gasteiger charge is 2.33. The van der Waals surface area contributed by atoms with Crippen LogP contribution >= 0.6 is 11.8 Å². The van der Waals surface area contributed by atoms with Gasteiger partial charge in [-0.1, -0.05) is 41.5 Å². The zero-order valence-electron chi connectivity index (χ0n) is 21.8. The van der Waals surface area contributed by atoms with Crippen LogP contribution in [0.1, 0.15) is 54.4 Å². The van der Waals surface area contributed by atoms with E-state index in [1.54, 1.807) is 27.7 Å². The molecule has 0 aromatic rings. The molecule has 0 rings (SSSR count). The van der Waals surface area contributed by atoms with Gasteiger partial charge in [-0.15, -0.1) is 0 Å². The Labute approximate surface area is 212 Å². The molecule has 0 bridgehead atoms. The lowest BCUT2D eigenvalue weighted by atomic mass is 9.98. The number of aliphatic carboxylic acids is 1. The Morgan fingerprint density at radius 3 is 1.71 bits per heavy atom. The minimum absolute atomic E-state index is 0.211. The molecule has 0 radical (unpaired) electrons. The Kier molecular flexibility index (Phi) is 15.3. The molecule has 35 heavy (non-hydrogen) atoms. The quantitative estimate of drug-likeness (QED) is 0.166. The summed E-state index contributed by atoms with van der Waals surface area (Å²) in [7, 11) is 0. The lowest BCUT2D eigenvalue weighted by Gasteiger charge is -2.29. The Hall–Kier alpha value is -2.34. The van der Waals surface area contributed by atoms with Crippen LogP contribution in [0.4, 0.5) is 0 Å². The van der Waals surface area contributed by atoms with Crippen LogP contribution in [0.25, 0.3) is 0 Å². The minimum atomic E-state index is -1.20. The molecule has 0 unspecified atom stereocenters. The van der Waals surface area contributed by atoms with E-state index in [-0.39, 0.29) is 24.2 Å². The van der Waals surface area contributed by atoms with Crippen molar-refractivity contribution in [2.24, 2.45) is 23.5 Å². The van der Waals surface area contributed by atoms with Crippen molar-refractivity contribution in [1.29, 1.82) is 0 Å². The first-order chi connectivity index (χ1) is 16.2. The van der Waals surface area contributed by atoms with Crippen molar-refractivity contribution in [3.63, 3.8) is 0 Å². The Morgan fingerprint density at radius 1 is 0.800 bits per heavy atom. The Balaban J connectivity index is 5.45. The normalized spacial score (nSPS) is 14.7. The van der Waals surface area contributed by atoms with Crippen molar-refractivity contribution in [3.8, 4) is 0 Å². The second kappa shape index (κ2) is 16.4. The van der Waals surface area contributed by atoms with Crippen LogP contribution in [0.2, 0.25) is 0 Å². The molecule has 12 heteroatoms. The SMILES string of the molecule is CSCC[C@H](NC(=O)[C@@H](NC(=O)[C@@H](NC(=O)[C@@H](N)CC(C)C)C(C)C)C(C)C)C(=O)NCC(=O)O. The second-order valence-corrected chi connectivity index (χ2v) is 10.6. The van der Waals surface area contributed by atoms with Crippen LogP contribution in [-0.2, 0) is 24.0 Å². The van der Waals surface area contributed by atoms with Gasteiger partial charge in [0.05, 0.1) is 6.04 Å². The molecule has 0 aliphatic carbocycles. The predicted octanol–water partition coefficient (Wildman–Crippen LogP) is 0.0801. The standard InChI is InChI=1S/C23H43N5O6S/c1-12(2)10-15(24)20(31)27-19(14(5)6)23(34)28-18(13(3)4)22(33)26-16(8-9-35-7)21(32)25-11-17(29)30/h12-16,18-19H,8-11,24H2,1-7H3,(H,25,32)(H,26,33)(H,27,31)(H,28,34)(H,29,30)/t15-,16-,18-,19-/m0/s1. The van der Waals surface area contributed by atoms with Gasteiger partial charge in [0, 0.05) is 0 Å². The summed E-state index contributed by atoms with van der Waals surface area (Å²) in [5.74, 6) is -3.18. The number of amides is 4. The fraction of sp³-hybridized carbons (Fsp3) is 0.783. The predicted molar refractivity (Wildman–Crippen MR) is 137 cm³/mol. The average Bonchev–Trinajstić information content (AvgIpc) is 2.75. The van der Waals surface area contributed by atoms with Gasteiger partial charge in [0.1, 0.15) is 24.7 Å². The van der Waals surface area contributed by atoms with E-state index in [4.69, 9.17) is 10.8 Å². The topological polar surface area (TPSA) is 180 Å². The van der Waals surface area contributed by atoms with Gasteiger partial charge in [0.15, 0.2) is 0 Å². The third-order valence-corrected chi connectivity index (χ3v) is 5.86. The van der Waals surface area contributed by atoms with E-state index in [1.807, 2.05) is 20.1 Å². The van der Waals surface area contributed by atoms with E-state index in [9.17, 15) is 24.0 Å². The van der Waals surface area contributed by atoms with E-state index in [2.05, 4.69) is 21.3 Å². The molecule has 0 saturated carbocycles. The molecule has 0 saturated heterocycles. The number of nitrogens with two attached hydrogens (primary N) is 1. The van der Waals surface area contributed by atoms with Gasteiger partial charge >= 0.3 is 5.97 Å². The van der Waals surface area contributed by atoms with Gasteiger partial charge in [0.2, 0.25) is 23.6 Å². The third-order valence-electron chi connectivity index (χ3n) is 5.21. The smallest absolute Gasteiger partial charge is 0.322 e. The number of nitrogens with one attached hydrogen (secondary N) is 4. The molecule has 0 fully saturated rings. The van der Waals surface area contributed by atoms with Crippen molar-refractivity contribution >= 4 is 41.4 Å². The largest absolute Gasteiger partial charge is 0.480 e. The van der Waals surface area contributed by atoms with Crippen molar-refractivity contribution in [2.45, 2.75) is 78.6 Å². The van der Waals surface area contributed by atoms with E-state index < -0.39 is 60.3 Å². The van der Waals surface area contributed by atoms with Crippen LogP contribution in [0.15, 0.2) is 0 Å². The molecule has 0 heterocycles. The number of carboxylic acids is 1. The maximum Gasteiger partial charge on any atom is 0.322 e. The number of carboxylic acid groups (broad SMARTS) is 1. The first kappa shape index (κ1) is 32.7. The van der Waals surface area contributed by atoms with Gasteiger partial charge in [0.25, 0.3) is 0 Å². The molecular weight excluding hydrogens is 474 g/mol. The number of rotatable bonds is 16. The molecule has 11 nitrogen and oxygen atoms in total. The maximum atomic E-state index is 13.1. The van der Waals surface area contributed by atoms with Gasteiger partial charge in [-0.2, -0.15) is 11.8 Å². The number of carbonyl (C=O) groups is 5. The monoisotopic (exact) mass is 517 g/mol. The molecule has 0 aromatic carbocycles. The average molecular weight is 518 g/mol. The number of carbonyl (C=O) groups excluding carboxylic acids is 4. The second-order valence-electron chi connectivity index (χ2n) is 9.65. The van der Waals surface area contributed by atoms with Crippen LogP contribution in [0.3, 0.4) is 0 Å². The fourth-order valence-electron chi connectivity index (χ4n) is 3.24. The molecule has 4 atom stereocenters. The van der Waals surface area contributed by atoms with E-state index in [0.717, 1.165) is 0 Å². The minimum Gasteiger partial charge on any atom is -0.480 e. The summed E-state index contributed by atoms with van der Waals surface area (Å²) < 4.78 is 0. The molecule has 0 spiro atoms. The van der Waals surface area contributed by atoms with Gasteiger partial charge < -0.3 is 32.1 Å². The number of hydrogen-bond donors (Lipinski definition) is 6. The van der Waals surface area contributed by atoms with E-state index >= 15 is 0 Å². The van der Waals surface area contributed by atoms with E-state index in [0.29, 0.717) is 12.2 Å². The molecule has 0 aliphatic rings. The summed E-state index contributed by atoms with van der Waals surface area (Å²) in [5, 5.41) is 19.1. The molecule has 7 N–H and O–H groups in total. The van der Waals surface area contributed by atoms with Gasteiger partial charge in [-0.25, -0.2) is 0 Å². The van der Waals surface area contributed by atoms with E-state index in [1.165, 1.54) is 11.8 Å². The molecule has 202 valence electrons. The Bertz CT molecular complexity index is 731. The lowest BCUT2D eigenvalue weighted by molar-refractivity contribution is -0.138. The summed E-state index contributed by atoms with van der Waals surface area (Å²) >= 11 is 1.47. The van der Waals surface area contributed by atoms with Crippen LogP contribution in [0, 0.1) is 17.8 Å². The highest BCUT2D eigenvalue weighted by atomic mass is 32.2. The molecule has 0 aromatic heterocycles.